The molecule has 1 aliphatic carbocycles. The standard InChI is InChI=1S/C11H21NO3/c1-8-4-9(6-11(2,3)5-8)15-10(13)7-14-12/h8-9H,4-7,12H2,1-3H3. The summed E-state index contributed by atoms with van der Waals surface area (Å²) in [4.78, 5) is 15.5. The van der Waals surface area contributed by atoms with Crippen LogP contribution < -0.4 is 5.90 Å². The normalized spacial score (nSPS) is 29.9. The number of hydrogen-bond donors (Lipinski definition) is 1. The Bertz CT molecular complexity index is 228. The zero-order chi connectivity index (χ0) is 11.5. The van der Waals surface area contributed by atoms with Crippen molar-refractivity contribution in [2.24, 2.45) is 17.2 Å². The SMILES string of the molecule is CC1CC(OC(=O)CON)CC(C)(C)C1. The van der Waals surface area contributed by atoms with Crippen LogP contribution >= 0.6 is 0 Å². The second kappa shape index (κ2) is 4.94. The molecule has 0 saturated heterocycles. The van der Waals surface area contributed by atoms with E-state index in [-0.39, 0.29) is 24.1 Å². The first kappa shape index (κ1) is 12.5. The predicted octanol–water partition coefficient (Wildman–Crippen LogP) is 1.63. The summed E-state index contributed by atoms with van der Waals surface area (Å²) in [5.41, 5.74) is 0.256. The molecule has 1 fully saturated rings. The highest BCUT2D eigenvalue weighted by atomic mass is 16.6. The van der Waals surface area contributed by atoms with E-state index in [0.717, 1.165) is 12.8 Å². The van der Waals surface area contributed by atoms with Gasteiger partial charge < -0.3 is 4.74 Å². The van der Waals surface area contributed by atoms with E-state index < -0.39 is 0 Å². The molecular formula is C11H21NO3. The molecule has 15 heavy (non-hydrogen) atoms. The highest BCUT2D eigenvalue weighted by molar-refractivity contribution is 5.70. The Labute approximate surface area is 91.1 Å². The Kier molecular flexibility index (Phi) is 4.11. The molecule has 0 amide bonds. The Hall–Kier alpha value is -0.610. The lowest BCUT2D eigenvalue weighted by Crippen LogP contribution is -2.34. The fraction of sp³-hybridized carbons (Fsp3) is 0.909. The smallest absolute Gasteiger partial charge is 0.334 e. The quantitative estimate of drug-likeness (QED) is 0.574. The van der Waals surface area contributed by atoms with Crippen molar-refractivity contribution in [3.05, 3.63) is 0 Å². The summed E-state index contributed by atoms with van der Waals surface area (Å²) < 4.78 is 5.29. The average molecular weight is 215 g/mol. The zero-order valence-corrected chi connectivity index (χ0v) is 9.79. The number of rotatable bonds is 3. The van der Waals surface area contributed by atoms with Gasteiger partial charge in [0.05, 0.1) is 0 Å². The van der Waals surface area contributed by atoms with Crippen LogP contribution in [0.3, 0.4) is 0 Å². The highest BCUT2D eigenvalue weighted by Crippen LogP contribution is 2.39. The highest BCUT2D eigenvalue weighted by Gasteiger charge is 2.33. The van der Waals surface area contributed by atoms with Gasteiger partial charge in [-0.1, -0.05) is 20.8 Å². The predicted molar refractivity (Wildman–Crippen MR) is 56.8 cm³/mol. The van der Waals surface area contributed by atoms with E-state index in [0.29, 0.717) is 5.92 Å². The van der Waals surface area contributed by atoms with Crippen LogP contribution in [-0.4, -0.2) is 18.7 Å². The molecule has 0 aliphatic heterocycles. The van der Waals surface area contributed by atoms with Crippen molar-refractivity contribution in [1.82, 2.24) is 0 Å². The summed E-state index contributed by atoms with van der Waals surface area (Å²) in [6, 6.07) is 0. The van der Waals surface area contributed by atoms with Crippen molar-refractivity contribution in [3.8, 4) is 0 Å². The van der Waals surface area contributed by atoms with Crippen molar-refractivity contribution < 1.29 is 14.4 Å². The van der Waals surface area contributed by atoms with Crippen LogP contribution in [0.5, 0.6) is 0 Å². The lowest BCUT2D eigenvalue weighted by Gasteiger charge is -2.38. The van der Waals surface area contributed by atoms with Gasteiger partial charge in [0.1, 0.15) is 6.10 Å². The van der Waals surface area contributed by atoms with Gasteiger partial charge in [0.15, 0.2) is 6.61 Å². The third-order valence-electron chi connectivity index (χ3n) is 2.85. The number of carbonyl (C=O) groups is 1. The van der Waals surface area contributed by atoms with Crippen LogP contribution in [-0.2, 0) is 14.4 Å². The molecule has 0 aromatic carbocycles. The molecule has 0 aromatic rings. The molecule has 2 atom stereocenters. The van der Waals surface area contributed by atoms with E-state index in [1.165, 1.54) is 6.42 Å². The van der Waals surface area contributed by atoms with E-state index in [9.17, 15) is 4.79 Å². The summed E-state index contributed by atoms with van der Waals surface area (Å²) in [6.45, 7) is 6.46. The van der Waals surface area contributed by atoms with Gasteiger partial charge in [0, 0.05) is 0 Å². The first-order valence-corrected chi connectivity index (χ1v) is 5.44. The van der Waals surface area contributed by atoms with Crippen LogP contribution in [0.25, 0.3) is 0 Å². The summed E-state index contributed by atoms with van der Waals surface area (Å²) in [6.07, 6.45) is 3.08. The maximum Gasteiger partial charge on any atom is 0.334 e. The molecule has 88 valence electrons. The first-order chi connectivity index (χ1) is 6.93. The van der Waals surface area contributed by atoms with Gasteiger partial charge in [0.2, 0.25) is 0 Å². The van der Waals surface area contributed by atoms with Gasteiger partial charge in [-0.2, -0.15) is 0 Å². The molecule has 2 unspecified atom stereocenters. The fourth-order valence-electron chi connectivity index (χ4n) is 2.64. The van der Waals surface area contributed by atoms with E-state index in [1.54, 1.807) is 0 Å². The Morgan fingerprint density at radius 1 is 1.47 bits per heavy atom. The first-order valence-electron chi connectivity index (χ1n) is 5.44. The Morgan fingerprint density at radius 2 is 2.13 bits per heavy atom. The monoisotopic (exact) mass is 215 g/mol. The van der Waals surface area contributed by atoms with Gasteiger partial charge >= 0.3 is 5.97 Å². The van der Waals surface area contributed by atoms with E-state index in [1.807, 2.05) is 0 Å². The van der Waals surface area contributed by atoms with Gasteiger partial charge in [-0.25, -0.2) is 10.7 Å². The summed E-state index contributed by atoms with van der Waals surface area (Å²) in [5, 5.41) is 0. The van der Waals surface area contributed by atoms with Crippen LogP contribution in [0.2, 0.25) is 0 Å². The number of ether oxygens (including phenoxy) is 1. The fourth-order valence-corrected chi connectivity index (χ4v) is 2.64. The topological polar surface area (TPSA) is 61.5 Å². The minimum absolute atomic E-state index is 0.0198. The average Bonchev–Trinajstić information content (AvgIpc) is 1.99. The van der Waals surface area contributed by atoms with Gasteiger partial charge in [-0.05, 0) is 30.6 Å². The maximum atomic E-state index is 11.2. The van der Waals surface area contributed by atoms with Crippen LogP contribution in [0, 0.1) is 11.3 Å². The number of nitrogens with two attached hydrogens (primary N) is 1. The third-order valence-corrected chi connectivity index (χ3v) is 2.85. The Balaban J connectivity index is 2.45. The molecule has 0 aromatic heterocycles. The van der Waals surface area contributed by atoms with E-state index in [4.69, 9.17) is 10.6 Å². The molecule has 0 bridgehead atoms. The Morgan fingerprint density at radius 3 is 2.67 bits per heavy atom. The van der Waals surface area contributed by atoms with Crippen LogP contribution in [0.4, 0.5) is 0 Å². The lowest BCUT2D eigenvalue weighted by molar-refractivity contribution is -0.158. The largest absolute Gasteiger partial charge is 0.461 e. The second-order valence-electron chi connectivity index (χ2n) is 5.34. The van der Waals surface area contributed by atoms with Gasteiger partial charge in [0.25, 0.3) is 0 Å². The van der Waals surface area contributed by atoms with Crippen molar-refractivity contribution in [2.75, 3.05) is 6.61 Å². The minimum Gasteiger partial charge on any atom is -0.461 e. The van der Waals surface area contributed by atoms with Crippen LogP contribution in [0.1, 0.15) is 40.0 Å². The van der Waals surface area contributed by atoms with Gasteiger partial charge in [-0.15, -0.1) is 0 Å². The van der Waals surface area contributed by atoms with Gasteiger partial charge in [-0.3, -0.25) is 4.84 Å². The molecule has 0 spiro atoms. The maximum absolute atomic E-state index is 11.2. The molecule has 1 saturated carbocycles. The molecule has 4 nitrogen and oxygen atoms in total. The van der Waals surface area contributed by atoms with Crippen molar-refractivity contribution >= 4 is 5.97 Å². The molecule has 0 heterocycles. The number of carbonyl (C=O) groups excluding carboxylic acids is 1. The third kappa shape index (κ3) is 4.18. The zero-order valence-electron chi connectivity index (χ0n) is 9.79. The molecule has 0 radical (unpaired) electrons. The summed E-state index contributed by atoms with van der Waals surface area (Å²) >= 11 is 0. The van der Waals surface area contributed by atoms with Crippen molar-refractivity contribution in [1.29, 1.82) is 0 Å². The summed E-state index contributed by atoms with van der Waals surface area (Å²) in [5.74, 6) is 5.05. The number of esters is 1. The van der Waals surface area contributed by atoms with Crippen molar-refractivity contribution in [2.45, 2.75) is 46.1 Å². The molecule has 2 N–H and O–H groups in total. The van der Waals surface area contributed by atoms with E-state index >= 15 is 0 Å². The second-order valence-corrected chi connectivity index (χ2v) is 5.34. The molecule has 4 heteroatoms. The molecular weight excluding hydrogens is 194 g/mol. The summed E-state index contributed by atoms with van der Waals surface area (Å²) in [7, 11) is 0. The molecule has 1 rings (SSSR count). The lowest BCUT2D eigenvalue weighted by atomic mass is 9.71. The van der Waals surface area contributed by atoms with Crippen LogP contribution in [0.15, 0.2) is 0 Å². The minimum atomic E-state index is -0.368. The van der Waals surface area contributed by atoms with Crippen molar-refractivity contribution in [3.63, 3.8) is 0 Å². The molecule has 1 aliphatic rings. The van der Waals surface area contributed by atoms with E-state index in [2.05, 4.69) is 25.6 Å². The number of hydrogen-bond acceptors (Lipinski definition) is 4.